The molecule has 2 heterocycles. The van der Waals surface area contributed by atoms with Crippen LogP contribution >= 0.6 is 0 Å². The van der Waals surface area contributed by atoms with Gasteiger partial charge in [-0.05, 0) is 37.5 Å². The Hall–Kier alpha value is -1.84. The zero-order valence-corrected chi connectivity index (χ0v) is 9.22. The smallest absolute Gasteiger partial charge is 0.176 e. The molecular formula is C12H14N4. The average molecular weight is 214 g/mol. The summed E-state index contributed by atoms with van der Waals surface area (Å²) in [6, 6.07) is 3.97. The zero-order chi connectivity index (χ0) is 11.1. The molecule has 0 aliphatic heterocycles. The Morgan fingerprint density at radius 2 is 2.25 bits per heavy atom. The van der Waals surface area contributed by atoms with Crippen LogP contribution in [0.25, 0.3) is 5.82 Å². The first-order valence-electron chi connectivity index (χ1n) is 5.52. The molecule has 4 nitrogen and oxygen atoms in total. The highest BCUT2D eigenvalue weighted by atomic mass is 15.3. The lowest BCUT2D eigenvalue weighted by molar-refractivity contribution is 0.814. The van der Waals surface area contributed by atoms with E-state index >= 15 is 0 Å². The third-order valence-corrected chi connectivity index (χ3v) is 2.85. The number of aryl methyl sites for hydroxylation is 1. The van der Waals surface area contributed by atoms with Crippen LogP contribution in [0.3, 0.4) is 0 Å². The third-order valence-electron chi connectivity index (χ3n) is 2.85. The van der Waals surface area contributed by atoms with Crippen molar-refractivity contribution in [3.05, 3.63) is 35.8 Å². The SMILES string of the molecule is Cc1cnc(-n2ccc(C3CC3)n2)c(N)c1. The summed E-state index contributed by atoms with van der Waals surface area (Å²) in [5.74, 6) is 1.38. The quantitative estimate of drug-likeness (QED) is 0.832. The molecule has 2 aromatic heterocycles. The molecule has 0 atom stereocenters. The summed E-state index contributed by atoms with van der Waals surface area (Å²) in [5.41, 5.74) is 8.82. The first kappa shape index (κ1) is 9.39. The highest BCUT2D eigenvalue weighted by molar-refractivity contribution is 5.53. The Balaban J connectivity index is 2.00. The predicted octanol–water partition coefficient (Wildman–Crippen LogP) is 2.04. The molecule has 1 saturated carbocycles. The summed E-state index contributed by atoms with van der Waals surface area (Å²) in [5, 5.41) is 4.51. The van der Waals surface area contributed by atoms with Crippen molar-refractivity contribution in [2.45, 2.75) is 25.7 Å². The minimum Gasteiger partial charge on any atom is -0.396 e. The van der Waals surface area contributed by atoms with Gasteiger partial charge in [-0.2, -0.15) is 5.10 Å². The van der Waals surface area contributed by atoms with E-state index in [1.54, 1.807) is 4.68 Å². The lowest BCUT2D eigenvalue weighted by atomic mass is 10.3. The van der Waals surface area contributed by atoms with Crippen LogP contribution in [0.1, 0.15) is 30.0 Å². The summed E-state index contributed by atoms with van der Waals surface area (Å²) in [4.78, 5) is 4.32. The van der Waals surface area contributed by atoms with Crippen LogP contribution < -0.4 is 5.73 Å². The first-order chi connectivity index (χ1) is 7.74. The summed E-state index contributed by atoms with van der Waals surface area (Å²) in [6.07, 6.45) is 6.26. The number of nitrogen functional groups attached to an aromatic ring is 1. The molecule has 0 saturated heterocycles. The molecule has 0 unspecified atom stereocenters. The van der Waals surface area contributed by atoms with Crippen molar-refractivity contribution in [3.63, 3.8) is 0 Å². The van der Waals surface area contributed by atoms with Crippen LogP contribution in [0.2, 0.25) is 0 Å². The second-order valence-electron chi connectivity index (χ2n) is 4.38. The van der Waals surface area contributed by atoms with Crippen molar-refractivity contribution in [2.75, 3.05) is 5.73 Å². The molecular weight excluding hydrogens is 200 g/mol. The molecule has 4 heteroatoms. The number of nitrogens with zero attached hydrogens (tertiary/aromatic N) is 3. The fourth-order valence-electron chi connectivity index (χ4n) is 1.83. The highest BCUT2D eigenvalue weighted by Crippen LogP contribution is 2.39. The average Bonchev–Trinajstić information content (AvgIpc) is 2.98. The van der Waals surface area contributed by atoms with Gasteiger partial charge in [-0.1, -0.05) is 0 Å². The molecule has 16 heavy (non-hydrogen) atoms. The molecule has 2 N–H and O–H groups in total. The zero-order valence-electron chi connectivity index (χ0n) is 9.22. The summed E-state index contributed by atoms with van der Waals surface area (Å²) in [6.45, 7) is 1.98. The number of aromatic nitrogens is 3. The number of pyridine rings is 1. The second kappa shape index (κ2) is 3.33. The van der Waals surface area contributed by atoms with Gasteiger partial charge in [0.25, 0.3) is 0 Å². The van der Waals surface area contributed by atoms with Gasteiger partial charge in [-0.3, -0.25) is 0 Å². The van der Waals surface area contributed by atoms with E-state index in [1.165, 1.54) is 12.8 Å². The Morgan fingerprint density at radius 3 is 2.94 bits per heavy atom. The predicted molar refractivity (Wildman–Crippen MR) is 62.5 cm³/mol. The fraction of sp³-hybridized carbons (Fsp3) is 0.333. The summed E-state index contributed by atoms with van der Waals surface area (Å²) in [7, 11) is 0. The van der Waals surface area contributed by atoms with E-state index in [0.717, 1.165) is 17.1 Å². The van der Waals surface area contributed by atoms with Gasteiger partial charge in [0.15, 0.2) is 5.82 Å². The number of hydrogen-bond donors (Lipinski definition) is 1. The molecule has 1 aliphatic carbocycles. The maximum Gasteiger partial charge on any atom is 0.176 e. The minimum atomic E-state index is 0.660. The number of rotatable bonds is 2. The second-order valence-corrected chi connectivity index (χ2v) is 4.38. The Kier molecular flexibility index (Phi) is 1.96. The molecule has 0 bridgehead atoms. The fourth-order valence-corrected chi connectivity index (χ4v) is 1.83. The van der Waals surface area contributed by atoms with E-state index in [0.29, 0.717) is 11.6 Å². The molecule has 0 spiro atoms. The molecule has 82 valence electrons. The monoisotopic (exact) mass is 214 g/mol. The standard InChI is InChI=1S/C12H14N4/c1-8-6-10(13)12(14-7-8)16-5-4-11(15-16)9-2-3-9/h4-7,9H,2-3,13H2,1H3. The van der Waals surface area contributed by atoms with Crippen molar-refractivity contribution in [1.29, 1.82) is 0 Å². The van der Waals surface area contributed by atoms with Crippen molar-refractivity contribution in [3.8, 4) is 5.82 Å². The van der Waals surface area contributed by atoms with Crippen LogP contribution in [-0.4, -0.2) is 14.8 Å². The molecule has 0 radical (unpaired) electrons. The Bertz CT molecular complexity index is 526. The van der Waals surface area contributed by atoms with E-state index in [9.17, 15) is 0 Å². The molecule has 2 aromatic rings. The molecule has 1 fully saturated rings. The van der Waals surface area contributed by atoms with E-state index < -0.39 is 0 Å². The van der Waals surface area contributed by atoms with Gasteiger partial charge < -0.3 is 5.73 Å². The Morgan fingerprint density at radius 1 is 1.44 bits per heavy atom. The third kappa shape index (κ3) is 1.56. The van der Waals surface area contributed by atoms with Crippen LogP contribution in [0, 0.1) is 6.92 Å². The highest BCUT2D eigenvalue weighted by Gasteiger charge is 2.26. The number of anilines is 1. The van der Waals surface area contributed by atoms with E-state index in [1.807, 2.05) is 25.4 Å². The molecule has 1 aliphatic rings. The minimum absolute atomic E-state index is 0.660. The summed E-state index contributed by atoms with van der Waals surface area (Å²) < 4.78 is 1.77. The van der Waals surface area contributed by atoms with E-state index in [-0.39, 0.29) is 0 Å². The molecule has 0 aromatic carbocycles. The van der Waals surface area contributed by atoms with Gasteiger partial charge in [0, 0.05) is 18.3 Å². The lowest BCUT2D eigenvalue weighted by Crippen LogP contribution is -2.04. The lowest BCUT2D eigenvalue weighted by Gasteiger charge is -2.04. The van der Waals surface area contributed by atoms with Crippen molar-refractivity contribution in [1.82, 2.24) is 14.8 Å². The number of hydrogen-bond acceptors (Lipinski definition) is 3. The topological polar surface area (TPSA) is 56.7 Å². The number of nitrogens with two attached hydrogens (primary N) is 1. The summed E-state index contributed by atoms with van der Waals surface area (Å²) >= 11 is 0. The van der Waals surface area contributed by atoms with Crippen molar-refractivity contribution >= 4 is 5.69 Å². The van der Waals surface area contributed by atoms with Crippen LogP contribution in [0.5, 0.6) is 0 Å². The van der Waals surface area contributed by atoms with Crippen LogP contribution in [-0.2, 0) is 0 Å². The Labute approximate surface area is 94.1 Å². The maximum absolute atomic E-state index is 5.93. The van der Waals surface area contributed by atoms with Gasteiger partial charge in [0.1, 0.15) is 0 Å². The van der Waals surface area contributed by atoms with Gasteiger partial charge in [-0.15, -0.1) is 0 Å². The largest absolute Gasteiger partial charge is 0.396 e. The van der Waals surface area contributed by atoms with Gasteiger partial charge in [-0.25, -0.2) is 9.67 Å². The normalized spacial score (nSPS) is 15.3. The van der Waals surface area contributed by atoms with Crippen LogP contribution in [0.4, 0.5) is 5.69 Å². The van der Waals surface area contributed by atoms with E-state index in [2.05, 4.69) is 16.1 Å². The molecule has 3 rings (SSSR count). The van der Waals surface area contributed by atoms with Crippen LogP contribution in [0.15, 0.2) is 24.5 Å². The maximum atomic E-state index is 5.93. The molecule has 0 amide bonds. The first-order valence-corrected chi connectivity index (χ1v) is 5.52. The van der Waals surface area contributed by atoms with Gasteiger partial charge in [0.2, 0.25) is 0 Å². The van der Waals surface area contributed by atoms with Crippen molar-refractivity contribution < 1.29 is 0 Å². The van der Waals surface area contributed by atoms with Gasteiger partial charge >= 0.3 is 0 Å². The van der Waals surface area contributed by atoms with E-state index in [4.69, 9.17) is 5.73 Å². The van der Waals surface area contributed by atoms with Gasteiger partial charge in [0.05, 0.1) is 11.4 Å². The van der Waals surface area contributed by atoms with Crippen molar-refractivity contribution in [2.24, 2.45) is 0 Å².